The monoisotopic (exact) mass is 446 g/mol. The summed E-state index contributed by atoms with van der Waals surface area (Å²) in [5.41, 5.74) is 1.16. The smallest absolute Gasteiger partial charge is 0.301 e. The molecule has 1 unspecified atom stereocenters. The Hall–Kier alpha value is -4.04. The second-order valence-corrected chi connectivity index (χ2v) is 8.25. The first-order valence-corrected chi connectivity index (χ1v) is 10.5. The van der Waals surface area contributed by atoms with E-state index in [1.807, 2.05) is 0 Å². The second kappa shape index (κ2) is 7.58. The number of thiazole rings is 1. The van der Waals surface area contributed by atoms with E-state index in [2.05, 4.69) is 4.98 Å². The zero-order valence-electron chi connectivity index (χ0n) is 16.4. The quantitative estimate of drug-likeness (QED) is 0.269. The molecule has 32 heavy (non-hydrogen) atoms. The van der Waals surface area contributed by atoms with E-state index >= 15 is 0 Å². The number of phenolic OH excluding ortho intramolecular Hbond substituents is 1. The summed E-state index contributed by atoms with van der Waals surface area (Å²) in [6.07, 6.45) is 0. The van der Waals surface area contributed by atoms with Gasteiger partial charge < -0.3 is 10.2 Å². The van der Waals surface area contributed by atoms with Gasteiger partial charge in [-0.2, -0.15) is 0 Å². The minimum absolute atomic E-state index is 0.0563. The molecule has 1 aromatic heterocycles. The lowest BCUT2D eigenvalue weighted by molar-refractivity contribution is -0.132. The Bertz CT molecular complexity index is 1410. The number of nitrogens with zero attached hydrogens (tertiary/aromatic N) is 2. The van der Waals surface area contributed by atoms with Crippen molar-refractivity contribution in [3.63, 3.8) is 0 Å². The molecule has 158 valence electrons. The van der Waals surface area contributed by atoms with E-state index < -0.39 is 23.5 Å². The average molecular weight is 446 g/mol. The van der Waals surface area contributed by atoms with Gasteiger partial charge in [0.2, 0.25) is 0 Å². The van der Waals surface area contributed by atoms with Gasteiger partial charge in [-0.3, -0.25) is 14.5 Å². The number of aromatic hydroxyl groups is 1. The molecule has 0 saturated carbocycles. The molecule has 0 aliphatic carbocycles. The third-order valence-corrected chi connectivity index (χ3v) is 6.24. The van der Waals surface area contributed by atoms with Gasteiger partial charge in [-0.25, -0.2) is 9.37 Å². The van der Waals surface area contributed by atoms with E-state index in [0.29, 0.717) is 21.3 Å². The molecule has 1 aliphatic rings. The summed E-state index contributed by atoms with van der Waals surface area (Å²) in [5, 5.41) is 21.2. The van der Waals surface area contributed by atoms with Crippen molar-refractivity contribution in [2.75, 3.05) is 4.90 Å². The Kier molecular flexibility index (Phi) is 4.71. The van der Waals surface area contributed by atoms with Gasteiger partial charge in [-0.15, -0.1) is 0 Å². The lowest BCUT2D eigenvalue weighted by Gasteiger charge is -2.23. The summed E-state index contributed by atoms with van der Waals surface area (Å²) in [7, 11) is 0. The molecule has 2 N–H and O–H groups in total. The molecule has 0 spiro atoms. The number of aliphatic hydroxyl groups excluding tert-OH is 1. The maximum atomic E-state index is 13.7. The Morgan fingerprint density at radius 1 is 1.00 bits per heavy atom. The van der Waals surface area contributed by atoms with E-state index in [0.717, 1.165) is 11.3 Å². The van der Waals surface area contributed by atoms with Crippen LogP contribution in [0.3, 0.4) is 0 Å². The number of hydrogen-bond acceptors (Lipinski definition) is 6. The Morgan fingerprint density at radius 3 is 2.53 bits per heavy atom. The van der Waals surface area contributed by atoms with Crippen LogP contribution in [0.5, 0.6) is 5.75 Å². The van der Waals surface area contributed by atoms with Crippen molar-refractivity contribution in [1.29, 1.82) is 0 Å². The number of hydrogen-bond donors (Lipinski definition) is 2. The fraction of sp³-hybridized carbons (Fsp3) is 0.0417. The molecule has 1 amide bonds. The number of carbonyl (C=O) groups is 2. The number of fused-ring (bicyclic) bond motifs is 1. The van der Waals surface area contributed by atoms with E-state index in [1.54, 1.807) is 42.5 Å². The highest BCUT2D eigenvalue weighted by Crippen LogP contribution is 2.44. The maximum Gasteiger partial charge on any atom is 0.301 e. The predicted molar refractivity (Wildman–Crippen MR) is 119 cm³/mol. The van der Waals surface area contributed by atoms with Crippen LogP contribution in [0, 0.1) is 5.82 Å². The standard InChI is InChI=1S/C24H15FN2O4S/c25-15-9-10-17-18(12-15)32-24(26-17)27-20(14-7-4-8-16(28)11-14)19(22(30)23(27)31)21(29)13-5-2-1-3-6-13/h1-12,20,28-29H/b21-19+. The number of ketones is 1. The van der Waals surface area contributed by atoms with Crippen molar-refractivity contribution < 1.29 is 24.2 Å². The first kappa shape index (κ1) is 19.9. The summed E-state index contributed by atoms with van der Waals surface area (Å²) < 4.78 is 14.2. The second-order valence-electron chi connectivity index (χ2n) is 7.24. The summed E-state index contributed by atoms with van der Waals surface area (Å²) in [6, 6.07) is 17.6. The number of aliphatic hydroxyl groups is 1. The van der Waals surface area contributed by atoms with E-state index in [4.69, 9.17) is 0 Å². The summed E-state index contributed by atoms with van der Waals surface area (Å²) in [5.74, 6) is -2.56. The van der Waals surface area contributed by atoms with Gasteiger partial charge >= 0.3 is 5.91 Å². The van der Waals surface area contributed by atoms with Crippen LogP contribution in [-0.4, -0.2) is 26.9 Å². The van der Waals surface area contributed by atoms with Crippen molar-refractivity contribution in [2.45, 2.75) is 6.04 Å². The molecule has 8 heteroatoms. The van der Waals surface area contributed by atoms with Crippen LogP contribution in [0.2, 0.25) is 0 Å². The number of halogens is 1. The number of carbonyl (C=O) groups excluding carboxylic acids is 2. The minimum atomic E-state index is -1.02. The van der Waals surface area contributed by atoms with Gasteiger partial charge in [0.15, 0.2) is 5.13 Å². The number of benzene rings is 3. The molecule has 0 bridgehead atoms. The summed E-state index contributed by atoms with van der Waals surface area (Å²) in [4.78, 5) is 31.8. The zero-order chi connectivity index (χ0) is 22.4. The van der Waals surface area contributed by atoms with Gasteiger partial charge in [0, 0.05) is 5.56 Å². The van der Waals surface area contributed by atoms with Crippen LogP contribution in [0.15, 0.2) is 78.4 Å². The highest BCUT2D eigenvalue weighted by Gasteiger charge is 2.48. The number of aromatic nitrogens is 1. The summed E-state index contributed by atoms with van der Waals surface area (Å²) in [6.45, 7) is 0. The van der Waals surface area contributed by atoms with E-state index in [9.17, 15) is 24.2 Å². The van der Waals surface area contributed by atoms with Gasteiger partial charge in [-0.1, -0.05) is 53.8 Å². The fourth-order valence-corrected chi connectivity index (χ4v) is 4.80. The topological polar surface area (TPSA) is 90.7 Å². The molecule has 0 radical (unpaired) electrons. The molecule has 3 aromatic carbocycles. The van der Waals surface area contributed by atoms with Crippen molar-refractivity contribution in [1.82, 2.24) is 4.98 Å². The van der Waals surface area contributed by atoms with Crippen molar-refractivity contribution in [3.05, 3.63) is 95.3 Å². The highest BCUT2D eigenvalue weighted by atomic mass is 32.1. The van der Waals surface area contributed by atoms with Crippen LogP contribution in [0.25, 0.3) is 16.0 Å². The molecule has 2 heterocycles. The van der Waals surface area contributed by atoms with Gasteiger partial charge in [0.1, 0.15) is 17.3 Å². The molecule has 4 aromatic rings. The largest absolute Gasteiger partial charge is 0.508 e. The molecular weight excluding hydrogens is 431 g/mol. The normalized spacial score (nSPS) is 17.9. The first-order valence-electron chi connectivity index (χ1n) is 9.65. The Balaban J connectivity index is 1.75. The number of phenols is 1. The van der Waals surface area contributed by atoms with E-state index in [-0.39, 0.29) is 22.2 Å². The molecule has 6 nitrogen and oxygen atoms in total. The zero-order valence-corrected chi connectivity index (χ0v) is 17.2. The maximum absolute atomic E-state index is 13.7. The van der Waals surface area contributed by atoms with Crippen LogP contribution in [0.1, 0.15) is 17.2 Å². The molecule has 1 fully saturated rings. The third-order valence-electron chi connectivity index (χ3n) is 5.22. The highest BCUT2D eigenvalue weighted by molar-refractivity contribution is 7.22. The van der Waals surface area contributed by atoms with Gasteiger partial charge in [-0.05, 0) is 35.9 Å². The predicted octanol–water partition coefficient (Wildman–Crippen LogP) is 4.77. The lowest BCUT2D eigenvalue weighted by Crippen LogP contribution is -2.29. The van der Waals surface area contributed by atoms with Crippen molar-refractivity contribution in [3.8, 4) is 5.75 Å². The third kappa shape index (κ3) is 3.21. The summed E-state index contributed by atoms with van der Waals surface area (Å²) >= 11 is 1.06. The SMILES string of the molecule is O=C1C(=O)N(c2nc3ccc(F)cc3s2)C(c2cccc(O)c2)/C1=C(\O)c1ccccc1. The Morgan fingerprint density at radius 2 is 1.78 bits per heavy atom. The lowest BCUT2D eigenvalue weighted by atomic mass is 9.95. The first-order chi connectivity index (χ1) is 15.4. The average Bonchev–Trinajstić information content (AvgIpc) is 3.32. The number of rotatable bonds is 3. The Labute approximate surface area is 185 Å². The fourth-order valence-electron chi connectivity index (χ4n) is 3.78. The molecule has 5 rings (SSSR count). The van der Waals surface area contributed by atoms with Gasteiger partial charge in [0.05, 0.1) is 21.8 Å². The van der Waals surface area contributed by atoms with Crippen molar-refractivity contribution in [2.24, 2.45) is 0 Å². The molecule has 1 aliphatic heterocycles. The molecular formula is C24H15FN2O4S. The van der Waals surface area contributed by atoms with Crippen LogP contribution in [0.4, 0.5) is 9.52 Å². The minimum Gasteiger partial charge on any atom is -0.508 e. The number of anilines is 1. The number of Topliss-reactive ketones (excluding diaryl/α,β-unsaturated/α-hetero) is 1. The van der Waals surface area contributed by atoms with Crippen LogP contribution in [-0.2, 0) is 9.59 Å². The number of amides is 1. The van der Waals surface area contributed by atoms with E-state index in [1.165, 1.54) is 35.2 Å². The van der Waals surface area contributed by atoms with Crippen LogP contribution >= 0.6 is 11.3 Å². The van der Waals surface area contributed by atoms with Crippen molar-refractivity contribution >= 4 is 44.1 Å². The molecule has 1 atom stereocenters. The van der Waals surface area contributed by atoms with Gasteiger partial charge in [0.25, 0.3) is 5.78 Å². The van der Waals surface area contributed by atoms with Crippen LogP contribution < -0.4 is 4.90 Å². The molecule has 1 saturated heterocycles.